The van der Waals surface area contributed by atoms with E-state index in [4.69, 9.17) is 10.00 Å². The molecular weight excluding hydrogens is 300 g/mol. The maximum Gasteiger partial charge on any atom is 0.326 e. The molecule has 0 saturated carbocycles. The molecule has 0 aromatic heterocycles. The summed E-state index contributed by atoms with van der Waals surface area (Å²) >= 11 is 0. The highest BCUT2D eigenvalue weighted by molar-refractivity contribution is 5.96. The molecule has 0 bridgehead atoms. The van der Waals surface area contributed by atoms with Gasteiger partial charge in [0, 0.05) is 5.56 Å². The van der Waals surface area contributed by atoms with Crippen LogP contribution in [0.4, 0.5) is 0 Å². The first kappa shape index (κ1) is 18.2. The van der Waals surface area contributed by atoms with Crippen LogP contribution in [0.15, 0.2) is 24.3 Å². The highest BCUT2D eigenvalue weighted by Crippen LogP contribution is 2.10. The molecule has 0 heterocycles. The lowest BCUT2D eigenvalue weighted by Crippen LogP contribution is -2.42. The Hall–Kier alpha value is -2.88. The zero-order valence-electron chi connectivity index (χ0n) is 12.9. The Kier molecular flexibility index (Phi) is 6.74. The minimum Gasteiger partial charge on any atom is -0.480 e. The normalized spacial score (nSPS) is 12.6. The molecule has 0 radical (unpaired) electrons. The lowest BCUT2D eigenvalue weighted by molar-refractivity contribution is -0.148. The van der Waals surface area contributed by atoms with Crippen LogP contribution in [0.2, 0.25) is 0 Å². The molecule has 0 aliphatic rings. The van der Waals surface area contributed by atoms with Crippen LogP contribution in [0.5, 0.6) is 0 Å². The van der Waals surface area contributed by atoms with Gasteiger partial charge in [0.1, 0.15) is 6.04 Å². The van der Waals surface area contributed by atoms with Crippen molar-refractivity contribution in [3.8, 4) is 6.07 Å². The largest absolute Gasteiger partial charge is 0.480 e. The van der Waals surface area contributed by atoms with Crippen LogP contribution in [0.1, 0.15) is 36.2 Å². The summed E-state index contributed by atoms with van der Waals surface area (Å²) in [6.07, 6.45) is -0.0732. The fraction of sp³-hybridized carbons (Fsp3) is 0.375. The number of aliphatic carboxylic acids is 1. The van der Waals surface area contributed by atoms with Gasteiger partial charge >= 0.3 is 11.9 Å². The smallest absolute Gasteiger partial charge is 0.326 e. The van der Waals surface area contributed by atoms with Gasteiger partial charge in [-0.25, -0.2) is 4.79 Å². The topological polar surface area (TPSA) is 116 Å². The second-order valence-corrected chi connectivity index (χ2v) is 4.94. The highest BCUT2D eigenvalue weighted by Gasteiger charge is 2.26. The second kappa shape index (κ2) is 8.54. The maximum absolute atomic E-state index is 12.1. The molecular formula is C16H18N2O5. The fourth-order valence-corrected chi connectivity index (χ4v) is 1.89. The lowest BCUT2D eigenvalue weighted by atomic mass is 10.0. The van der Waals surface area contributed by atoms with Gasteiger partial charge in [0.05, 0.1) is 24.2 Å². The number of hydrogen-bond donors (Lipinski definition) is 2. The Morgan fingerprint density at radius 3 is 2.39 bits per heavy atom. The summed E-state index contributed by atoms with van der Waals surface area (Å²) in [6, 6.07) is 6.51. The van der Waals surface area contributed by atoms with Crippen LogP contribution in [0, 0.1) is 17.2 Å². The Morgan fingerprint density at radius 2 is 1.91 bits per heavy atom. The van der Waals surface area contributed by atoms with E-state index in [9.17, 15) is 19.5 Å². The molecule has 1 amide bonds. The Morgan fingerprint density at radius 1 is 1.30 bits per heavy atom. The number of carboxylic acids is 1. The van der Waals surface area contributed by atoms with Crippen molar-refractivity contribution in [2.24, 2.45) is 5.92 Å². The molecule has 122 valence electrons. The van der Waals surface area contributed by atoms with Crippen LogP contribution < -0.4 is 5.32 Å². The third-order valence-corrected chi connectivity index (χ3v) is 3.16. The van der Waals surface area contributed by atoms with E-state index >= 15 is 0 Å². The molecule has 0 spiro atoms. The summed E-state index contributed by atoms with van der Waals surface area (Å²) in [5.41, 5.74) is 0.631. The van der Waals surface area contributed by atoms with Crippen LogP contribution in [0.3, 0.4) is 0 Å². The molecule has 0 fully saturated rings. The number of nitrogens with zero attached hydrogens (tertiary/aromatic N) is 1. The number of rotatable bonds is 7. The van der Waals surface area contributed by atoms with E-state index in [1.807, 2.05) is 6.07 Å². The van der Waals surface area contributed by atoms with Crippen LogP contribution >= 0.6 is 0 Å². The molecule has 1 rings (SSSR count). The molecule has 7 nitrogen and oxygen atoms in total. The molecule has 0 unspecified atom stereocenters. The number of benzene rings is 1. The van der Waals surface area contributed by atoms with Crippen LogP contribution in [-0.4, -0.2) is 35.6 Å². The molecule has 2 atom stereocenters. The third kappa shape index (κ3) is 5.43. The van der Waals surface area contributed by atoms with E-state index in [2.05, 4.69) is 5.32 Å². The van der Waals surface area contributed by atoms with E-state index in [0.717, 1.165) is 0 Å². The van der Waals surface area contributed by atoms with Gasteiger partial charge < -0.3 is 15.2 Å². The van der Waals surface area contributed by atoms with Gasteiger partial charge in [0.25, 0.3) is 5.91 Å². The zero-order chi connectivity index (χ0) is 17.4. The summed E-state index contributed by atoms with van der Waals surface area (Å²) in [7, 11) is 0. The first-order chi connectivity index (χ1) is 10.9. The summed E-state index contributed by atoms with van der Waals surface area (Å²) in [4.78, 5) is 34.9. The van der Waals surface area contributed by atoms with Gasteiger partial charge in [-0.2, -0.15) is 5.26 Å². The standard InChI is InChI=1S/C16H18N2O5/c1-3-23-16(22)10(2)8-13(15(20)21)18-14(19)12-6-4-11(9-17)5-7-12/h4-7,10,13H,3,8H2,1-2H3,(H,18,19)(H,20,21)/t10-,13-/m1/s1. The predicted octanol–water partition coefficient (Wildman–Crippen LogP) is 1.33. The van der Waals surface area contributed by atoms with E-state index < -0.39 is 29.8 Å². The molecule has 2 N–H and O–H groups in total. The van der Waals surface area contributed by atoms with Crippen molar-refractivity contribution in [1.29, 1.82) is 5.26 Å². The van der Waals surface area contributed by atoms with Crippen molar-refractivity contribution in [2.45, 2.75) is 26.3 Å². The Labute approximate surface area is 133 Å². The number of carbonyl (C=O) groups excluding carboxylic acids is 2. The molecule has 0 aliphatic carbocycles. The number of amides is 1. The van der Waals surface area contributed by atoms with E-state index in [0.29, 0.717) is 5.56 Å². The summed E-state index contributed by atoms with van der Waals surface area (Å²) in [5.74, 6) is -2.98. The van der Waals surface area contributed by atoms with Gasteiger partial charge in [-0.15, -0.1) is 0 Å². The van der Waals surface area contributed by atoms with Crippen LogP contribution in [0.25, 0.3) is 0 Å². The Balaban J connectivity index is 2.75. The third-order valence-electron chi connectivity index (χ3n) is 3.16. The average molecular weight is 318 g/mol. The van der Waals surface area contributed by atoms with Crippen molar-refractivity contribution in [3.05, 3.63) is 35.4 Å². The fourth-order valence-electron chi connectivity index (χ4n) is 1.89. The maximum atomic E-state index is 12.1. The Bertz CT molecular complexity index is 618. The number of hydrogen-bond acceptors (Lipinski definition) is 5. The number of carbonyl (C=O) groups is 3. The van der Waals surface area contributed by atoms with Crippen molar-refractivity contribution >= 4 is 17.8 Å². The number of ether oxygens (including phenoxy) is 1. The summed E-state index contributed by atoms with van der Waals surface area (Å²) < 4.78 is 4.82. The summed E-state index contributed by atoms with van der Waals surface area (Å²) in [6.45, 7) is 3.41. The lowest BCUT2D eigenvalue weighted by Gasteiger charge is -2.18. The van der Waals surface area contributed by atoms with Crippen molar-refractivity contribution in [3.63, 3.8) is 0 Å². The van der Waals surface area contributed by atoms with Gasteiger partial charge in [-0.3, -0.25) is 9.59 Å². The molecule has 1 aromatic carbocycles. The minimum atomic E-state index is -1.23. The number of nitriles is 1. The van der Waals surface area contributed by atoms with Crippen molar-refractivity contribution in [2.75, 3.05) is 6.61 Å². The molecule has 23 heavy (non-hydrogen) atoms. The monoisotopic (exact) mass is 318 g/mol. The minimum absolute atomic E-state index is 0.0732. The molecule has 0 aliphatic heterocycles. The van der Waals surface area contributed by atoms with Crippen molar-refractivity contribution in [1.82, 2.24) is 5.32 Å². The second-order valence-electron chi connectivity index (χ2n) is 4.94. The molecule has 0 saturated heterocycles. The average Bonchev–Trinajstić information content (AvgIpc) is 2.54. The molecule has 1 aromatic rings. The van der Waals surface area contributed by atoms with Crippen LogP contribution in [-0.2, 0) is 14.3 Å². The highest BCUT2D eigenvalue weighted by atomic mass is 16.5. The SMILES string of the molecule is CCOC(=O)[C@H](C)C[C@@H](NC(=O)c1ccc(C#N)cc1)C(=O)O. The number of carboxylic acid groups (broad SMARTS) is 1. The quantitative estimate of drug-likeness (QED) is 0.733. The predicted molar refractivity (Wildman–Crippen MR) is 80.5 cm³/mol. The first-order valence-corrected chi connectivity index (χ1v) is 7.09. The first-order valence-electron chi connectivity index (χ1n) is 7.09. The van der Waals surface area contributed by atoms with Gasteiger partial charge in [0.15, 0.2) is 0 Å². The van der Waals surface area contributed by atoms with E-state index in [1.54, 1.807) is 13.8 Å². The van der Waals surface area contributed by atoms with Crippen molar-refractivity contribution < 1.29 is 24.2 Å². The van der Waals surface area contributed by atoms with E-state index in [-0.39, 0.29) is 18.6 Å². The van der Waals surface area contributed by atoms with Gasteiger partial charge in [-0.05, 0) is 37.6 Å². The van der Waals surface area contributed by atoms with E-state index in [1.165, 1.54) is 24.3 Å². The van der Waals surface area contributed by atoms with Gasteiger partial charge in [-0.1, -0.05) is 6.92 Å². The number of nitrogens with one attached hydrogen (secondary N) is 1. The molecule has 7 heteroatoms. The summed E-state index contributed by atoms with van der Waals surface area (Å²) in [5, 5.41) is 20.3. The van der Waals surface area contributed by atoms with Gasteiger partial charge in [0.2, 0.25) is 0 Å². The zero-order valence-corrected chi connectivity index (χ0v) is 12.9. The number of esters is 1.